The summed E-state index contributed by atoms with van der Waals surface area (Å²) in [7, 11) is 0. The molecule has 0 aliphatic heterocycles. The van der Waals surface area contributed by atoms with Gasteiger partial charge < -0.3 is 9.52 Å². The van der Waals surface area contributed by atoms with E-state index in [1.807, 2.05) is 0 Å². The largest absolute Gasteiger partial charge is 0.478 e. The van der Waals surface area contributed by atoms with Crippen molar-refractivity contribution in [1.29, 1.82) is 0 Å². The third-order valence-corrected chi connectivity index (χ3v) is 1.98. The summed E-state index contributed by atoms with van der Waals surface area (Å²) < 4.78 is 29.1. The van der Waals surface area contributed by atoms with Crippen LogP contribution in [0.3, 0.4) is 0 Å². The predicted octanol–water partition coefficient (Wildman–Crippen LogP) is 2.37. The molecule has 5 nitrogen and oxygen atoms in total. The van der Waals surface area contributed by atoms with Crippen molar-refractivity contribution in [2.24, 2.45) is 0 Å². The highest BCUT2D eigenvalue weighted by Gasteiger charge is 2.17. The first-order valence-electron chi connectivity index (χ1n) is 4.53. The van der Waals surface area contributed by atoms with Crippen LogP contribution >= 0.6 is 0 Å². The summed E-state index contributed by atoms with van der Waals surface area (Å²) in [5, 5.41) is 15.3. The van der Waals surface area contributed by atoms with E-state index in [0.29, 0.717) is 0 Å². The normalized spacial score (nSPS) is 10.8. The molecular weight excluding hydrogens is 234 g/mol. The average Bonchev–Trinajstić information content (AvgIpc) is 2.78. The molecule has 1 aromatic heterocycles. The highest BCUT2D eigenvalue weighted by atomic mass is 19.3. The molecule has 0 bridgehead atoms. The number of aromatic carboxylic acids is 1. The first-order chi connectivity index (χ1) is 8.08. The minimum absolute atomic E-state index is 0.0132. The fourth-order valence-corrected chi connectivity index (χ4v) is 1.22. The predicted molar refractivity (Wildman–Crippen MR) is 51.7 cm³/mol. The number of hydrogen-bond donors (Lipinski definition) is 1. The molecule has 7 heteroatoms. The van der Waals surface area contributed by atoms with Gasteiger partial charge in [-0.15, -0.1) is 10.2 Å². The molecule has 2 aromatic rings. The molecule has 1 heterocycles. The zero-order chi connectivity index (χ0) is 12.4. The quantitative estimate of drug-likeness (QED) is 0.891. The Labute approximate surface area is 93.7 Å². The van der Waals surface area contributed by atoms with Crippen molar-refractivity contribution in [2.45, 2.75) is 6.43 Å². The second kappa shape index (κ2) is 4.28. The van der Waals surface area contributed by atoms with Crippen molar-refractivity contribution in [3.05, 3.63) is 35.7 Å². The first kappa shape index (κ1) is 11.2. The molecule has 1 N–H and O–H groups in total. The summed E-state index contributed by atoms with van der Waals surface area (Å²) in [6.45, 7) is 0. The van der Waals surface area contributed by atoms with E-state index in [1.165, 1.54) is 24.3 Å². The molecular formula is C10H6F2N2O3. The molecule has 0 atom stereocenters. The third-order valence-electron chi connectivity index (χ3n) is 1.98. The van der Waals surface area contributed by atoms with E-state index in [-0.39, 0.29) is 17.0 Å². The number of rotatable bonds is 3. The Morgan fingerprint density at radius 2 is 2.12 bits per heavy atom. The molecule has 88 valence electrons. The zero-order valence-electron chi connectivity index (χ0n) is 8.30. The van der Waals surface area contributed by atoms with Crippen LogP contribution in [0, 0.1) is 0 Å². The molecule has 2 rings (SSSR count). The summed E-state index contributed by atoms with van der Waals surface area (Å²) in [6.07, 6.45) is -2.85. The van der Waals surface area contributed by atoms with Crippen molar-refractivity contribution in [1.82, 2.24) is 10.2 Å². The van der Waals surface area contributed by atoms with Crippen LogP contribution in [0.1, 0.15) is 22.7 Å². The molecule has 0 amide bonds. The van der Waals surface area contributed by atoms with Crippen LogP contribution in [-0.4, -0.2) is 21.3 Å². The number of carbonyl (C=O) groups is 1. The highest BCUT2D eigenvalue weighted by Crippen LogP contribution is 2.23. The Bertz CT molecular complexity index is 554. The van der Waals surface area contributed by atoms with Gasteiger partial charge in [0.15, 0.2) is 0 Å². The molecule has 17 heavy (non-hydrogen) atoms. The molecule has 0 unspecified atom stereocenters. The highest BCUT2D eigenvalue weighted by molar-refractivity contribution is 5.88. The van der Waals surface area contributed by atoms with Crippen LogP contribution in [0.25, 0.3) is 11.5 Å². The Morgan fingerprint density at radius 3 is 2.71 bits per heavy atom. The monoisotopic (exact) mass is 240 g/mol. The van der Waals surface area contributed by atoms with Crippen molar-refractivity contribution in [2.75, 3.05) is 0 Å². The Morgan fingerprint density at radius 1 is 1.35 bits per heavy atom. The third kappa shape index (κ3) is 2.27. The lowest BCUT2D eigenvalue weighted by atomic mass is 10.1. The number of carboxylic acid groups (broad SMARTS) is 1. The number of nitrogens with zero attached hydrogens (tertiary/aromatic N) is 2. The van der Waals surface area contributed by atoms with E-state index in [0.717, 1.165) is 0 Å². The lowest BCUT2D eigenvalue weighted by Crippen LogP contribution is -1.95. The van der Waals surface area contributed by atoms with Crippen LogP contribution in [0.4, 0.5) is 8.78 Å². The van der Waals surface area contributed by atoms with E-state index in [1.54, 1.807) is 0 Å². The lowest BCUT2D eigenvalue weighted by molar-refractivity contribution is 0.0697. The summed E-state index contributed by atoms with van der Waals surface area (Å²) in [4.78, 5) is 10.7. The molecule has 0 spiro atoms. The Balaban J connectivity index is 2.38. The van der Waals surface area contributed by atoms with Gasteiger partial charge in [-0.25, -0.2) is 4.79 Å². The smallest absolute Gasteiger partial charge is 0.335 e. The van der Waals surface area contributed by atoms with Crippen molar-refractivity contribution in [3.63, 3.8) is 0 Å². The fourth-order valence-electron chi connectivity index (χ4n) is 1.22. The first-order valence-corrected chi connectivity index (χ1v) is 4.53. The minimum atomic E-state index is -2.85. The Hall–Kier alpha value is -2.31. The molecule has 0 fully saturated rings. The van der Waals surface area contributed by atoms with E-state index in [4.69, 9.17) is 9.52 Å². The zero-order valence-corrected chi connectivity index (χ0v) is 8.30. The van der Waals surface area contributed by atoms with Crippen molar-refractivity contribution < 1.29 is 23.1 Å². The molecule has 0 aliphatic rings. The van der Waals surface area contributed by atoms with Gasteiger partial charge in [0.1, 0.15) is 0 Å². The summed E-state index contributed by atoms with van der Waals surface area (Å²) in [6, 6.07) is 5.60. The van der Waals surface area contributed by atoms with Gasteiger partial charge in [0, 0.05) is 5.56 Å². The van der Waals surface area contributed by atoms with E-state index in [9.17, 15) is 13.6 Å². The molecule has 0 radical (unpaired) electrons. The summed E-state index contributed by atoms with van der Waals surface area (Å²) in [5.74, 6) is -2.05. The number of hydrogen-bond acceptors (Lipinski definition) is 4. The molecule has 0 aliphatic carbocycles. The van der Waals surface area contributed by atoms with Crippen LogP contribution in [-0.2, 0) is 0 Å². The van der Waals surface area contributed by atoms with Gasteiger partial charge in [-0.2, -0.15) is 8.78 Å². The van der Waals surface area contributed by atoms with Crippen LogP contribution in [0.2, 0.25) is 0 Å². The number of alkyl halides is 2. The maximum atomic E-state index is 12.2. The van der Waals surface area contributed by atoms with Crippen LogP contribution < -0.4 is 0 Å². The van der Waals surface area contributed by atoms with E-state index < -0.39 is 18.3 Å². The topological polar surface area (TPSA) is 76.2 Å². The second-order valence-electron chi connectivity index (χ2n) is 3.13. The van der Waals surface area contributed by atoms with Gasteiger partial charge in [0.2, 0.25) is 5.89 Å². The summed E-state index contributed by atoms with van der Waals surface area (Å²) >= 11 is 0. The second-order valence-corrected chi connectivity index (χ2v) is 3.13. The van der Waals surface area contributed by atoms with Gasteiger partial charge >= 0.3 is 12.4 Å². The van der Waals surface area contributed by atoms with Gasteiger partial charge in [-0.3, -0.25) is 0 Å². The Kier molecular flexibility index (Phi) is 2.82. The van der Waals surface area contributed by atoms with Crippen LogP contribution in [0.15, 0.2) is 28.7 Å². The van der Waals surface area contributed by atoms with Crippen molar-refractivity contribution in [3.8, 4) is 11.5 Å². The maximum absolute atomic E-state index is 12.2. The molecule has 0 saturated heterocycles. The van der Waals surface area contributed by atoms with E-state index in [2.05, 4.69) is 10.2 Å². The minimum Gasteiger partial charge on any atom is -0.478 e. The van der Waals surface area contributed by atoms with Gasteiger partial charge in [-0.1, -0.05) is 6.07 Å². The number of aromatic nitrogens is 2. The van der Waals surface area contributed by atoms with Crippen molar-refractivity contribution >= 4 is 5.97 Å². The molecule has 1 aromatic carbocycles. The standard InChI is InChI=1S/C10H6F2N2O3/c11-7(12)9-14-13-8(17-9)5-2-1-3-6(4-5)10(15)16/h1-4,7H,(H,15,16). The van der Waals surface area contributed by atoms with E-state index >= 15 is 0 Å². The summed E-state index contributed by atoms with van der Waals surface area (Å²) in [5.41, 5.74) is 0.295. The van der Waals surface area contributed by atoms with Crippen LogP contribution in [0.5, 0.6) is 0 Å². The number of carboxylic acids is 1. The molecule has 0 saturated carbocycles. The SMILES string of the molecule is O=C(O)c1cccc(-c2nnc(C(F)F)o2)c1. The number of halogens is 2. The maximum Gasteiger partial charge on any atom is 0.335 e. The number of benzene rings is 1. The van der Waals surface area contributed by atoms with Gasteiger partial charge in [0.05, 0.1) is 5.56 Å². The average molecular weight is 240 g/mol. The van der Waals surface area contributed by atoms with Gasteiger partial charge in [-0.05, 0) is 18.2 Å². The lowest BCUT2D eigenvalue weighted by Gasteiger charge is -1.97. The fraction of sp³-hybridized carbons (Fsp3) is 0.100. The van der Waals surface area contributed by atoms with Gasteiger partial charge in [0.25, 0.3) is 5.89 Å².